The summed E-state index contributed by atoms with van der Waals surface area (Å²) in [6.45, 7) is 2.11. The van der Waals surface area contributed by atoms with E-state index in [1.807, 2.05) is 6.92 Å². The first kappa shape index (κ1) is 17.2. The van der Waals surface area contributed by atoms with Crippen molar-refractivity contribution in [3.05, 3.63) is 59.7 Å². The molecule has 3 aromatic rings. The van der Waals surface area contributed by atoms with Gasteiger partial charge in [-0.1, -0.05) is 25.1 Å². The summed E-state index contributed by atoms with van der Waals surface area (Å²) in [5, 5.41) is 4.34. The molecule has 0 aliphatic heterocycles. The first-order chi connectivity index (χ1) is 11.9. The Labute approximate surface area is 145 Å². The van der Waals surface area contributed by atoms with Crippen molar-refractivity contribution in [1.82, 2.24) is 19.7 Å². The Morgan fingerprint density at radius 1 is 1.16 bits per heavy atom. The molecule has 2 heterocycles. The molecule has 130 valence electrons. The van der Waals surface area contributed by atoms with E-state index >= 15 is 0 Å². The fourth-order valence-corrected chi connectivity index (χ4v) is 3.37. The van der Waals surface area contributed by atoms with Gasteiger partial charge in [-0.25, -0.2) is 22.8 Å². The lowest BCUT2D eigenvalue weighted by atomic mass is 10.2. The van der Waals surface area contributed by atoms with Gasteiger partial charge in [0.2, 0.25) is 0 Å². The molecule has 0 aliphatic rings. The monoisotopic (exact) mass is 360 g/mol. The maximum Gasteiger partial charge on any atom is 0.193 e. The van der Waals surface area contributed by atoms with Gasteiger partial charge >= 0.3 is 0 Å². The zero-order chi connectivity index (χ0) is 18.0. The molecule has 8 heteroatoms. The lowest BCUT2D eigenvalue weighted by molar-refractivity contribution is 0.585. The molecule has 6 nitrogen and oxygen atoms in total. The quantitative estimate of drug-likeness (QED) is 0.653. The van der Waals surface area contributed by atoms with Crippen LogP contribution in [0.2, 0.25) is 0 Å². The van der Waals surface area contributed by atoms with E-state index in [0.29, 0.717) is 23.2 Å². The SMILES string of the molecule is CCc1cnc(-c2ccn(Cc3ccccc3F)n2)nc1S(C)(=O)=O. The van der Waals surface area contributed by atoms with E-state index in [4.69, 9.17) is 0 Å². The summed E-state index contributed by atoms with van der Waals surface area (Å²) in [6, 6.07) is 8.14. The fraction of sp³-hybridized carbons (Fsp3) is 0.235. The van der Waals surface area contributed by atoms with E-state index in [-0.39, 0.29) is 23.2 Å². The second-order valence-corrected chi connectivity index (χ2v) is 7.57. The second kappa shape index (κ2) is 6.72. The Kier molecular flexibility index (Phi) is 4.63. The highest BCUT2D eigenvalue weighted by molar-refractivity contribution is 7.90. The van der Waals surface area contributed by atoms with Gasteiger partial charge in [-0.15, -0.1) is 0 Å². The third-order valence-electron chi connectivity index (χ3n) is 3.72. The summed E-state index contributed by atoms with van der Waals surface area (Å²) in [4.78, 5) is 8.38. The van der Waals surface area contributed by atoms with E-state index in [0.717, 1.165) is 6.26 Å². The third-order valence-corrected chi connectivity index (χ3v) is 4.77. The van der Waals surface area contributed by atoms with Gasteiger partial charge in [-0.05, 0) is 18.6 Å². The van der Waals surface area contributed by atoms with E-state index in [1.54, 1.807) is 35.1 Å². The number of aryl methyl sites for hydroxylation is 1. The average molecular weight is 360 g/mol. The first-order valence-electron chi connectivity index (χ1n) is 7.71. The number of hydrogen-bond donors (Lipinski definition) is 0. The van der Waals surface area contributed by atoms with Gasteiger partial charge in [0, 0.05) is 29.8 Å². The maximum absolute atomic E-state index is 13.7. The standard InChI is InChI=1S/C17H17FN4O2S/c1-3-12-10-19-16(20-17(12)25(2,23)24)15-8-9-22(21-15)11-13-6-4-5-7-14(13)18/h4-10H,3,11H2,1-2H3. The van der Waals surface area contributed by atoms with Gasteiger partial charge in [0.05, 0.1) is 6.54 Å². The van der Waals surface area contributed by atoms with Gasteiger partial charge in [0.15, 0.2) is 20.7 Å². The summed E-state index contributed by atoms with van der Waals surface area (Å²) in [5.41, 5.74) is 1.51. The minimum atomic E-state index is -3.46. The normalized spacial score (nSPS) is 11.6. The number of aromatic nitrogens is 4. The maximum atomic E-state index is 13.7. The van der Waals surface area contributed by atoms with Crippen LogP contribution in [0.4, 0.5) is 4.39 Å². The smallest absolute Gasteiger partial charge is 0.193 e. The second-order valence-electron chi connectivity index (χ2n) is 5.64. The lowest BCUT2D eigenvalue weighted by Gasteiger charge is -2.06. The number of hydrogen-bond acceptors (Lipinski definition) is 5. The Balaban J connectivity index is 1.94. The Hall–Kier alpha value is -2.61. The molecule has 0 saturated carbocycles. The Morgan fingerprint density at radius 2 is 1.92 bits per heavy atom. The topological polar surface area (TPSA) is 77.7 Å². The average Bonchev–Trinajstić information content (AvgIpc) is 3.04. The van der Waals surface area contributed by atoms with Gasteiger partial charge in [-0.2, -0.15) is 5.10 Å². The van der Waals surface area contributed by atoms with Crippen molar-refractivity contribution >= 4 is 9.84 Å². The van der Waals surface area contributed by atoms with E-state index in [9.17, 15) is 12.8 Å². The van der Waals surface area contributed by atoms with Crippen LogP contribution in [0, 0.1) is 5.82 Å². The Bertz CT molecular complexity index is 1010. The van der Waals surface area contributed by atoms with Crippen LogP contribution in [0.1, 0.15) is 18.1 Å². The predicted molar refractivity (Wildman–Crippen MR) is 91.2 cm³/mol. The number of halogens is 1. The van der Waals surface area contributed by atoms with Crippen molar-refractivity contribution in [1.29, 1.82) is 0 Å². The number of rotatable bonds is 5. The zero-order valence-electron chi connectivity index (χ0n) is 13.8. The van der Waals surface area contributed by atoms with Crippen LogP contribution in [0.3, 0.4) is 0 Å². The fourth-order valence-electron chi connectivity index (χ4n) is 2.45. The molecule has 0 bridgehead atoms. The van der Waals surface area contributed by atoms with Crippen LogP contribution in [-0.4, -0.2) is 34.4 Å². The van der Waals surface area contributed by atoms with Crippen LogP contribution in [0.25, 0.3) is 11.5 Å². The molecular weight excluding hydrogens is 343 g/mol. The number of sulfone groups is 1. The summed E-state index contributed by atoms with van der Waals surface area (Å²) < 4.78 is 39.1. The van der Waals surface area contributed by atoms with Crippen LogP contribution in [0.5, 0.6) is 0 Å². The molecule has 0 saturated heterocycles. The molecule has 0 unspecified atom stereocenters. The summed E-state index contributed by atoms with van der Waals surface area (Å²) >= 11 is 0. The molecule has 25 heavy (non-hydrogen) atoms. The third kappa shape index (κ3) is 3.74. The predicted octanol–water partition coefficient (Wildman–Crippen LogP) is 2.49. The van der Waals surface area contributed by atoms with Crippen LogP contribution < -0.4 is 0 Å². The highest BCUT2D eigenvalue weighted by atomic mass is 32.2. The number of nitrogens with zero attached hydrogens (tertiary/aromatic N) is 4. The van der Waals surface area contributed by atoms with Gasteiger partial charge in [0.1, 0.15) is 11.5 Å². The minimum absolute atomic E-state index is 0.0173. The molecule has 2 aromatic heterocycles. The van der Waals surface area contributed by atoms with Crippen molar-refractivity contribution in [2.45, 2.75) is 24.9 Å². The van der Waals surface area contributed by atoms with Crippen LogP contribution in [0.15, 0.2) is 47.8 Å². The molecule has 0 spiro atoms. The van der Waals surface area contributed by atoms with E-state index in [2.05, 4.69) is 15.1 Å². The molecule has 0 fully saturated rings. The van der Waals surface area contributed by atoms with Gasteiger partial charge in [0.25, 0.3) is 0 Å². The van der Waals surface area contributed by atoms with Crippen molar-refractivity contribution in [2.24, 2.45) is 0 Å². The summed E-state index contributed by atoms with van der Waals surface area (Å²) in [7, 11) is -3.46. The van der Waals surface area contributed by atoms with Crippen molar-refractivity contribution in [3.8, 4) is 11.5 Å². The molecule has 0 amide bonds. The largest absolute Gasteiger partial charge is 0.267 e. The molecular formula is C17H17FN4O2S. The molecule has 0 radical (unpaired) electrons. The molecule has 0 aliphatic carbocycles. The lowest BCUT2D eigenvalue weighted by Crippen LogP contribution is -2.08. The first-order valence-corrected chi connectivity index (χ1v) is 9.61. The highest BCUT2D eigenvalue weighted by Crippen LogP contribution is 2.19. The van der Waals surface area contributed by atoms with Crippen LogP contribution in [-0.2, 0) is 22.8 Å². The summed E-state index contributed by atoms with van der Waals surface area (Å²) in [5.74, 6) is -0.0765. The van der Waals surface area contributed by atoms with E-state index < -0.39 is 9.84 Å². The molecule has 3 rings (SSSR count). The van der Waals surface area contributed by atoms with Crippen LogP contribution >= 0.6 is 0 Å². The summed E-state index contributed by atoms with van der Waals surface area (Å²) in [6.07, 6.45) is 4.83. The van der Waals surface area contributed by atoms with Crippen molar-refractivity contribution in [3.63, 3.8) is 0 Å². The number of benzene rings is 1. The highest BCUT2D eigenvalue weighted by Gasteiger charge is 2.17. The van der Waals surface area contributed by atoms with Gasteiger partial charge < -0.3 is 0 Å². The molecule has 1 aromatic carbocycles. The Morgan fingerprint density at radius 3 is 2.60 bits per heavy atom. The van der Waals surface area contributed by atoms with Gasteiger partial charge in [-0.3, -0.25) is 4.68 Å². The van der Waals surface area contributed by atoms with E-state index in [1.165, 1.54) is 12.3 Å². The molecule has 0 N–H and O–H groups in total. The minimum Gasteiger partial charge on any atom is -0.267 e. The van der Waals surface area contributed by atoms with Crippen molar-refractivity contribution in [2.75, 3.05) is 6.26 Å². The zero-order valence-corrected chi connectivity index (χ0v) is 14.7. The van der Waals surface area contributed by atoms with Crippen molar-refractivity contribution < 1.29 is 12.8 Å². The molecule has 0 atom stereocenters.